The second kappa shape index (κ2) is 6.19. The van der Waals surface area contributed by atoms with Gasteiger partial charge in [0, 0.05) is 30.0 Å². The molecule has 112 valence electrons. The van der Waals surface area contributed by atoms with Crippen LogP contribution in [0.15, 0.2) is 54.6 Å². The van der Waals surface area contributed by atoms with E-state index in [2.05, 4.69) is 0 Å². The molecule has 3 rings (SSSR count). The van der Waals surface area contributed by atoms with E-state index in [0.717, 1.165) is 17.0 Å². The normalized spacial score (nSPS) is 18.3. The van der Waals surface area contributed by atoms with Gasteiger partial charge in [-0.25, -0.2) is 0 Å². The van der Waals surface area contributed by atoms with E-state index in [4.69, 9.17) is 0 Å². The van der Waals surface area contributed by atoms with E-state index in [1.807, 2.05) is 30.3 Å². The lowest BCUT2D eigenvalue weighted by Gasteiger charge is -2.35. The summed E-state index contributed by atoms with van der Waals surface area (Å²) in [6, 6.07) is 15.9. The van der Waals surface area contributed by atoms with Crippen molar-refractivity contribution in [2.24, 2.45) is 0 Å². The van der Waals surface area contributed by atoms with Gasteiger partial charge in [0.1, 0.15) is 5.37 Å². The minimum absolute atomic E-state index is 0.0575. The van der Waals surface area contributed by atoms with Crippen molar-refractivity contribution in [1.29, 1.82) is 0 Å². The molecule has 5 nitrogen and oxygen atoms in total. The summed E-state index contributed by atoms with van der Waals surface area (Å²) in [6.45, 7) is 0. The lowest BCUT2D eigenvalue weighted by molar-refractivity contribution is -0.384. The Bertz CT molecular complexity index is 688. The summed E-state index contributed by atoms with van der Waals surface area (Å²) in [6.07, 6.45) is 0.503. The predicted octanol–water partition coefficient (Wildman–Crippen LogP) is 3.76. The van der Waals surface area contributed by atoms with Gasteiger partial charge in [-0.2, -0.15) is 0 Å². The molecule has 1 saturated heterocycles. The van der Waals surface area contributed by atoms with Crippen LogP contribution < -0.4 is 4.90 Å². The highest BCUT2D eigenvalue weighted by molar-refractivity contribution is 7.99. The van der Waals surface area contributed by atoms with Crippen molar-refractivity contribution in [2.75, 3.05) is 10.7 Å². The molecule has 1 fully saturated rings. The maximum absolute atomic E-state index is 12.4. The molecule has 1 aliphatic rings. The fraction of sp³-hybridized carbons (Fsp3) is 0.188. The molecule has 1 aliphatic heterocycles. The number of thioether (sulfide) groups is 1. The van der Waals surface area contributed by atoms with Gasteiger partial charge >= 0.3 is 0 Å². The quantitative estimate of drug-likeness (QED) is 0.639. The molecule has 6 heteroatoms. The van der Waals surface area contributed by atoms with Crippen molar-refractivity contribution in [3.63, 3.8) is 0 Å². The van der Waals surface area contributed by atoms with Gasteiger partial charge < -0.3 is 0 Å². The van der Waals surface area contributed by atoms with Crippen molar-refractivity contribution < 1.29 is 9.72 Å². The Morgan fingerprint density at radius 3 is 2.41 bits per heavy atom. The first-order valence-corrected chi connectivity index (χ1v) is 7.95. The number of nitrogens with zero attached hydrogens (tertiary/aromatic N) is 2. The zero-order valence-electron chi connectivity index (χ0n) is 11.7. The summed E-state index contributed by atoms with van der Waals surface area (Å²) in [4.78, 5) is 24.5. The predicted molar refractivity (Wildman–Crippen MR) is 86.8 cm³/mol. The number of rotatable bonds is 3. The number of amides is 1. The smallest absolute Gasteiger partial charge is 0.269 e. The number of hydrogen-bond donors (Lipinski definition) is 0. The average molecular weight is 314 g/mol. The molecule has 2 aromatic carbocycles. The molecule has 1 amide bonds. The third kappa shape index (κ3) is 2.82. The largest absolute Gasteiger partial charge is 0.296 e. The van der Waals surface area contributed by atoms with Crippen molar-refractivity contribution in [3.05, 3.63) is 70.3 Å². The Morgan fingerprint density at radius 1 is 1.09 bits per heavy atom. The number of carbonyl (C=O) groups is 1. The van der Waals surface area contributed by atoms with Gasteiger partial charge in [0.05, 0.1) is 4.92 Å². The fourth-order valence-electron chi connectivity index (χ4n) is 2.46. The molecule has 0 aliphatic carbocycles. The number of nitro benzene ring substituents is 1. The lowest BCUT2D eigenvalue weighted by Crippen LogP contribution is -2.37. The molecule has 0 aromatic heterocycles. The third-order valence-corrected chi connectivity index (χ3v) is 4.76. The van der Waals surface area contributed by atoms with Crippen LogP contribution in [0.3, 0.4) is 0 Å². The Balaban J connectivity index is 1.95. The summed E-state index contributed by atoms with van der Waals surface area (Å²) < 4.78 is 0. The van der Waals surface area contributed by atoms with Crippen LogP contribution in [-0.4, -0.2) is 16.6 Å². The number of non-ortho nitro benzene ring substituents is 1. The van der Waals surface area contributed by atoms with Crippen molar-refractivity contribution in [3.8, 4) is 0 Å². The van der Waals surface area contributed by atoms with Crippen molar-refractivity contribution in [2.45, 2.75) is 11.8 Å². The molecule has 0 saturated carbocycles. The zero-order valence-corrected chi connectivity index (χ0v) is 12.5. The number of benzene rings is 2. The molecule has 0 N–H and O–H groups in total. The standard InChI is InChI=1S/C16H14N2O3S/c19-15-10-11-22-16(17(15)13-4-2-1-3-5-13)12-6-8-14(9-7-12)18(20)21/h1-9,16H,10-11H2/t16-/m0/s1. The van der Waals surface area contributed by atoms with Gasteiger partial charge in [0.2, 0.25) is 5.91 Å². The van der Waals surface area contributed by atoms with Crippen molar-refractivity contribution in [1.82, 2.24) is 0 Å². The van der Waals surface area contributed by atoms with Gasteiger partial charge in [0.15, 0.2) is 0 Å². The molecule has 0 radical (unpaired) electrons. The van der Waals surface area contributed by atoms with Crippen molar-refractivity contribution >= 4 is 29.0 Å². The highest BCUT2D eigenvalue weighted by atomic mass is 32.2. The van der Waals surface area contributed by atoms with E-state index in [0.29, 0.717) is 6.42 Å². The summed E-state index contributed by atoms with van der Waals surface area (Å²) >= 11 is 1.67. The highest BCUT2D eigenvalue weighted by Crippen LogP contribution is 2.40. The number of anilines is 1. The van der Waals surface area contributed by atoms with Crippen LogP contribution in [0, 0.1) is 10.1 Å². The molecule has 0 bridgehead atoms. The van der Waals surface area contributed by atoms with E-state index in [9.17, 15) is 14.9 Å². The Labute approximate surface area is 132 Å². The Morgan fingerprint density at radius 2 is 1.77 bits per heavy atom. The maximum atomic E-state index is 12.4. The number of nitro groups is 1. The van der Waals surface area contributed by atoms with Crippen LogP contribution >= 0.6 is 11.8 Å². The van der Waals surface area contributed by atoms with E-state index in [-0.39, 0.29) is 17.0 Å². The lowest BCUT2D eigenvalue weighted by atomic mass is 10.1. The van der Waals surface area contributed by atoms with Gasteiger partial charge in [-0.1, -0.05) is 18.2 Å². The molecule has 1 heterocycles. The third-order valence-electron chi connectivity index (χ3n) is 3.52. The second-order valence-electron chi connectivity index (χ2n) is 4.92. The van der Waals surface area contributed by atoms with Crippen LogP contribution in [-0.2, 0) is 4.79 Å². The zero-order chi connectivity index (χ0) is 15.5. The van der Waals surface area contributed by atoms with E-state index < -0.39 is 4.92 Å². The molecule has 0 spiro atoms. The summed E-state index contributed by atoms with van der Waals surface area (Å²) in [7, 11) is 0. The number of hydrogen-bond acceptors (Lipinski definition) is 4. The monoisotopic (exact) mass is 314 g/mol. The molecule has 22 heavy (non-hydrogen) atoms. The maximum Gasteiger partial charge on any atom is 0.269 e. The van der Waals surface area contributed by atoms with E-state index >= 15 is 0 Å². The summed E-state index contributed by atoms with van der Waals surface area (Å²) in [5, 5.41) is 10.6. The van der Waals surface area contributed by atoms with E-state index in [1.165, 1.54) is 12.1 Å². The fourth-order valence-corrected chi connectivity index (χ4v) is 3.71. The number of carbonyl (C=O) groups excluding carboxylic acids is 1. The SMILES string of the molecule is O=C1CCS[C@@H](c2ccc([N+](=O)[O-])cc2)N1c1ccccc1. The number of para-hydroxylation sites is 1. The summed E-state index contributed by atoms with van der Waals surface area (Å²) in [5.41, 5.74) is 1.80. The Kier molecular flexibility index (Phi) is 4.11. The van der Waals surface area contributed by atoms with Crippen LogP contribution in [0.4, 0.5) is 11.4 Å². The summed E-state index contributed by atoms with van der Waals surface area (Å²) in [5.74, 6) is 0.831. The first-order valence-electron chi connectivity index (χ1n) is 6.90. The van der Waals surface area contributed by atoms with Crippen LogP contribution in [0.1, 0.15) is 17.4 Å². The molecular weight excluding hydrogens is 300 g/mol. The Hall–Kier alpha value is -2.34. The van der Waals surface area contributed by atoms with Gasteiger partial charge in [-0.05, 0) is 29.8 Å². The highest BCUT2D eigenvalue weighted by Gasteiger charge is 2.31. The van der Waals surface area contributed by atoms with Crippen LogP contribution in [0.5, 0.6) is 0 Å². The minimum Gasteiger partial charge on any atom is -0.296 e. The molecular formula is C16H14N2O3S. The molecule has 2 aromatic rings. The van der Waals surface area contributed by atoms with Gasteiger partial charge in [-0.15, -0.1) is 11.8 Å². The topological polar surface area (TPSA) is 63.4 Å². The second-order valence-corrected chi connectivity index (χ2v) is 6.11. The van der Waals surface area contributed by atoms with Crippen LogP contribution in [0.25, 0.3) is 0 Å². The first-order chi connectivity index (χ1) is 10.7. The van der Waals surface area contributed by atoms with E-state index in [1.54, 1.807) is 28.8 Å². The minimum atomic E-state index is -0.419. The van der Waals surface area contributed by atoms with Gasteiger partial charge in [0.25, 0.3) is 5.69 Å². The van der Waals surface area contributed by atoms with Crippen LogP contribution in [0.2, 0.25) is 0 Å². The molecule has 1 atom stereocenters. The molecule has 0 unspecified atom stereocenters. The first kappa shape index (κ1) is 14.6. The van der Waals surface area contributed by atoms with Gasteiger partial charge in [-0.3, -0.25) is 19.8 Å². The average Bonchev–Trinajstić information content (AvgIpc) is 2.55.